The predicted molar refractivity (Wildman–Crippen MR) is 87.6 cm³/mol. The Kier molecular flexibility index (Phi) is 3.21. The van der Waals surface area contributed by atoms with Crippen LogP contribution in [0.4, 0.5) is 4.39 Å². The van der Waals surface area contributed by atoms with Crippen LogP contribution in [-0.4, -0.2) is 15.5 Å². The molecule has 3 aromatic rings. The average Bonchev–Trinajstić information content (AvgIpc) is 2.88. The molecule has 0 aliphatic heterocycles. The number of carboxylic acid groups (broad SMARTS) is 1. The number of pyridine rings is 1. The van der Waals surface area contributed by atoms with E-state index in [1.54, 1.807) is 4.40 Å². The van der Waals surface area contributed by atoms with E-state index in [1.165, 1.54) is 17.4 Å². The van der Waals surface area contributed by atoms with Gasteiger partial charge in [0.25, 0.3) is 0 Å². The lowest BCUT2D eigenvalue weighted by Gasteiger charge is -2.13. The molecule has 0 bridgehead atoms. The summed E-state index contributed by atoms with van der Waals surface area (Å²) in [6, 6.07) is 2.44. The van der Waals surface area contributed by atoms with E-state index in [4.69, 9.17) is 11.6 Å². The maximum absolute atomic E-state index is 13.8. The molecular weight excluding hydrogens is 341 g/mol. The molecule has 2 aromatic heterocycles. The largest absolute Gasteiger partial charge is 0.477 e. The smallest absolute Gasteiger partial charge is 0.342 e. The maximum Gasteiger partial charge on any atom is 0.342 e. The van der Waals surface area contributed by atoms with Gasteiger partial charge in [0.2, 0.25) is 5.43 Å². The van der Waals surface area contributed by atoms with Gasteiger partial charge in [-0.3, -0.25) is 4.79 Å². The molecule has 7 heteroatoms. The van der Waals surface area contributed by atoms with Crippen molar-refractivity contribution >= 4 is 44.6 Å². The molecule has 0 radical (unpaired) electrons. The standard InChI is InChI=1S/C16H11ClFNO3S/c17-8-6-11-7(5-9(8)18)14(20)13(16(21)22)15-19(11)10-3-1-2-4-12(10)23-15/h5-6H,1-4H2,(H,21,22). The Hall–Kier alpha value is -1.92. The van der Waals surface area contributed by atoms with Crippen LogP contribution in [-0.2, 0) is 12.8 Å². The number of aromatic carboxylic acids is 1. The molecule has 0 unspecified atom stereocenters. The van der Waals surface area contributed by atoms with E-state index in [0.717, 1.165) is 42.3 Å². The normalized spacial score (nSPS) is 14.3. The number of thiazole rings is 1. The van der Waals surface area contributed by atoms with Crippen molar-refractivity contribution in [3.05, 3.63) is 49.3 Å². The lowest BCUT2D eigenvalue weighted by atomic mass is 10.0. The average molecular weight is 352 g/mol. The summed E-state index contributed by atoms with van der Waals surface area (Å²) in [5.74, 6) is -2.01. The van der Waals surface area contributed by atoms with Crippen LogP contribution < -0.4 is 5.43 Å². The van der Waals surface area contributed by atoms with Gasteiger partial charge in [-0.25, -0.2) is 9.18 Å². The summed E-state index contributed by atoms with van der Waals surface area (Å²) >= 11 is 7.23. The molecule has 0 atom stereocenters. The van der Waals surface area contributed by atoms with Crippen molar-refractivity contribution in [3.63, 3.8) is 0 Å². The number of aromatic nitrogens is 1. The van der Waals surface area contributed by atoms with Gasteiger partial charge in [-0.1, -0.05) is 11.6 Å². The van der Waals surface area contributed by atoms with Gasteiger partial charge in [0.1, 0.15) is 16.2 Å². The fraction of sp³-hybridized carbons (Fsp3) is 0.250. The van der Waals surface area contributed by atoms with Gasteiger partial charge in [0.05, 0.1) is 15.9 Å². The van der Waals surface area contributed by atoms with Crippen LogP contribution in [0.5, 0.6) is 0 Å². The van der Waals surface area contributed by atoms with E-state index in [1.807, 2.05) is 0 Å². The van der Waals surface area contributed by atoms with Crippen molar-refractivity contribution in [2.24, 2.45) is 0 Å². The zero-order valence-electron chi connectivity index (χ0n) is 11.9. The minimum absolute atomic E-state index is 0.0490. The number of hydrogen-bond acceptors (Lipinski definition) is 3. The van der Waals surface area contributed by atoms with E-state index in [9.17, 15) is 19.1 Å². The van der Waals surface area contributed by atoms with Crippen LogP contribution in [0.25, 0.3) is 15.7 Å². The van der Waals surface area contributed by atoms with Gasteiger partial charge < -0.3 is 9.51 Å². The van der Waals surface area contributed by atoms with Crippen molar-refractivity contribution in [1.29, 1.82) is 0 Å². The zero-order chi connectivity index (χ0) is 16.3. The third-order valence-corrected chi connectivity index (χ3v) is 5.82. The molecule has 1 aromatic carbocycles. The first-order valence-electron chi connectivity index (χ1n) is 7.20. The summed E-state index contributed by atoms with van der Waals surface area (Å²) in [6.45, 7) is 0. The molecule has 0 saturated carbocycles. The number of rotatable bonds is 1. The molecule has 4 nitrogen and oxygen atoms in total. The maximum atomic E-state index is 13.8. The fourth-order valence-corrected chi connectivity index (χ4v) is 4.77. The molecule has 0 saturated heterocycles. The first kappa shape index (κ1) is 14.7. The van der Waals surface area contributed by atoms with Crippen LogP contribution in [0.2, 0.25) is 5.02 Å². The minimum atomic E-state index is -1.29. The lowest BCUT2D eigenvalue weighted by Crippen LogP contribution is -2.18. The number of nitrogens with zero attached hydrogens (tertiary/aromatic N) is 1. The zero-order valence-corrected chi connectivity index (χ0v) is 13.4. The van der Waals surface area contributed by atoms with E-state index >= 15 is 0 Å². The number of aryl methyl sites for hydroxylation is 2. The number of fused-ring (bicyclic) bond motifs is 5. The molecule has 0 amide bonds. The first-order valence-corrected chi connectivity index (χ1v) is 8.40. The summed E-state index contributed by atoms with van der Waals surface area (Å²) in [6.07, 6.45) is 3.72. The number of halogens is 2. The molecular formula is C16H11ClFNO3S. The molecule has 1 N–H and O–H groups in total. The molecule has 1 aliphatic carbocycles. The molecule has 23 heavy (non-hydrogen) atoms. The van der Waals surface area contributed by atoms with Crippen LogP contribution in [0.1, 0.15) is 33.8 Å². The Labute approximate surface area is 138 Å². The van der Waals surface area contributed by atoms with E-state index in [0.29, 0.717) is 10.3 Å². The second kappa shape index (κ2) is 5.04. The lowest BCUT2D eigenvalue weighted by molar-refractivity contribution is 0.0697. The third kappa shape index (κ3) is 2.01. The Morgan fingerprint density at radius 2 is 2.04 bits per heavy atom. The summed E-state index contributed by atoms with van der Waals surface area (Å²) in [7, 11) is 0. The van der Waals surface area contributed by atoms with Gasteiger partial charge in [-0.05, 0) is 37.8 Å². The van der Waals surface area contributed by atoms with Gasteiger partial charge >= 0.3 is 5.97 Å². The van der Waals surface area contributed by atoms with Crippen LogP contribution >= 0.6 is 22.9 Å². The Bertz CT molecular complexity index is 1050. The van der Waals surface area contributed by atoms with Crippen LogP contribution in [0, 0.1) is 5.82 Å². The van der Waals surface area contributed by atoms with Crippen molar-refractivity contribution in [3.8, 4) is 0 Å². The van der Waals surface area contributed by atoms with Crippen molar-refractivity contribution in [2.45, 2.75) is 25.7 Å². The molecule has 4 rings (SSSR count). The second-order valence-electron chi connectivity index (χ2n) is 5.61. The minimum Gasteiger partial charge on any atom is -0.477 e. The Balaban J connectivity index is 2.31. The fourth-order valence-electron chi connectivity index (χ4n) is 3.23. The number of benzene rings is 1. The second-order valence-corrected chi connectivity index (χ2v) is 7.10. The summed E-state index contributed by atoms with van der Waals surface area (Å²) < 4.78 is 15.6. The van der Waals surface area contributed by atoms with Gasteiger partial charge in [-0.2, -0.15) is 0 Å². The van der Waals surface area contributed by atoms with Crippen molar-refractivity contribution < 1.29 is 14.3 Å². The van der Waals surface area contributed by atoms with Crippen LogP contribution in [0.15, 0.2) is 16.9 Å². The van der Waals surface area contributed by atoms with Crippen molar-refractivity contribution in [1.82, 2.24) is 4.40 Å². The summed E-state index contributed by atoms with van der Waals surface area (Å²) in [5.41, 5.74) is 0.521. The number of carboxylic acids is 1. The highest BCUT2D eigenvalue weighted by Crippen LogP contribution is 2.34. The predicted octanol–water partition coefficient (Wildman–Crippen LogP) is 3.88. The van der Waals surface area contributed by atoms with Gasteiger partial charge in [0.15, 0.2) is 0 Å². The van der Waals surface area contributed by atoms with Crippen LogP contribution in [0.3, 0.4) is 0 Å². The highest BCUT2D eigenvalue weighted by molar-refractivity contribution is 7.18. The number of carbonyl (C=O) groups is 1. The summed E-state index contributed by atoms with van der Waals surface area (Å²) in [4.78, 5) is 25.7. The molecule has 0 fully saturated rings. The Morgan fingerprint density at radius 3 is 2.78 bits per heavy atom. The first-order chi connectivity index (χ1) is 11.0. The van der Waals surface area contributed by atoms with E-state index < -0.39 is 17.2 Å². The summed E-state index contributed by atoms with van der Waals surface area (Å²) in [5, 5.41) is 9.45. The topological polar surface area (TPSA) is 58.8 Å². The SMILES string of the molecule is O=C(O)c1c(=O)c2cc(F)c(Cl)cc2n2c3c(sc12)CCCC3. The molecule has 2 heterocycles. The Morgan fingerprint density at radius 1 is 1.30 bits per heavy atom. The molecule has 0 spiro atoms. The van der Waals surface area contributed by atoms with Gasteiger partial charge in [-0.15, -0.1) is 11.3 Å². The van der Waals surface area contributed by atoms with E-state index in [-0.39, 0.29) is 16.0 Å². The monoisotopic (exact) mass is 351 g/mol. The highest BCUT2D eigenvalue weighted by atomic mass is 35.5. The quantitative estimate of drug-likeness (QED) is 0.723. The third-order valence-electron chi connectivity index (χ3n) is 4.26. The molecule has 118 valence electrons. The van der Waals surface area contributed by atoms with Crippen molar-refractivity contribution in [2.75, 3.05) is 0 Å². The number of hydrogen-bond donors (Lipinski definition) is 1. The van der Waals surface area contributed by atoms with Gasteiger partial charge in [0, 0.05) is 10.6 Å². The van der Waals surface area contributed by atoms with E-state index in [2.05, 4.69) is 0 Å². The highest BCUT2D eigenvalue weighted by Gasteiger charge is 2.25. The molecule has 1 aliphatic rings.